The first-order chi connectivity index (χ1) is 7.20. The van der Waals surface area contributed by atoms with E-state index >= 15 is 0 Å². The number of furan rings is 2. The molecule has 0 bridgehead atoms. The summed E-state index contributed by atoms with van der Waals surface area (Å²) in [6.45, 7) is 1.92. The van der Waals surface area contributed by atoms with E-state index in [1.165, 1.54) is 0 Å². The number of aryl methyl sites for hydroxylation is 1. The van der Waals surface area contributed by atoms with Crippen molar-refractivity contribution in [1.82, 2.24) is 5.32 Å². The molecular formula is C11H12BrNO2. The summed E-state index contributed by atoms with van der Waals surface area (Å²) >= 11 is 3.28. The Hall–Kier alpha value is -1.000. The molecule has 3 nitrogen and oxygen atoms in total. The summed E-state index contributed by atoms with van der Waals surface area (Å²) in [5, 5.41) is 3.15. The Morgan fingerprint density at radius 2 is 1.80 bits per heavy atom. The highest BCUT2D eigenvalue weighted by molar-refractivity contribution is 9.10. The largest absolute Gasteiger partial charge is 0.464 e. The van der Waals surface area contributed by atoms with E-state index in [1.54, 1.807) is 0 Å². The van der Waals surface area contributed by atoms with Crippen molar-refractivity contribution in [3.05, 3.63) is 46.2 Å². The predicted octanol–water partition coefficient (Wildman–Crippen LogP) is 3.25. The molecule has 2 aromatic heterocycles. The number of hydrogen-bond donors (Lipinski definition) is 1. The van der Waals surface area contributed by atoms with E-state index in [2.05, 4.69) is 21.2 Å². The minimum Gasteiger partial charge on any atom is -0.464 e. The molecule has 0 aromatic carbocycles. The SMILES string of the molecule is CNC(c1ccc(C)o1)c1ccc(Br)o1. The maximum atomic E-state index is 5.56. The van der Waals surface area contributed by atoms with Crippen molar-refractivity contribution in [2.45, 2.75) is 13.0 Å². The third-order valence-electron chi connectivity index (χ3n) is 2.21. The molecule has 2 rings (SSSR count). The molecule has 0 fully saturated rings. The van der Waals surface area contributed by atoms with E-state index in [-0.39, 0.29) is 6.04 Å². The second kappa shape index (κ2) is 4.24. The zero-order valence-corrected chi connectivity index (χ0v) is 10.2. The van der Waals surface area contributed by atoms with Crippen LogP contribution in [0.15, 0.2) is 37.8 Å². The van der Waals surface area contributed by atoms with E-state index in [0.717, 1.165) is 22.0 Å². The van der Waals surface area contributed by atoms with Crippen LogP contribution in [0.2, 0.25) is 0 Å². The van der Waals surface area contributed by atoms with Crippen LogP contribution in [0.25, 0.3) is 0 Å². The predicted molar refractivity (Wildman–Crippen MR) is 60.8 cm³/mol. The molecule has 0 saturated carbocycles. The highest BCUT2D eigenvalue weighted by Gasteiger charge is 2.18. The average Bonchev–Trinajstić information content (AvgIpc) is 2.78. The smallest absolute Gasteiger partial charge is 0.169 e. The summed E-state index contributed by atoms with van der Waals surface area (Å²) in [5.74, 6) is 2.59. The third kappa shape index (κ3) is 2.16. The molecule has 2 aromatic rings. The van der Waals surface area contributed by atoms with Crippen molar-refractivity contribution in [1.29, 1.82) is 0 Å². The van der Waals surface area contributed by atoms with Crippen LogP contribution in [0.4, 0.5) is 0 Å². The molecule has 0 spiro atoms. The molecule has 80 valence electrons. The Morgan fingerprint density at radius 1 is 1.13 bits per heavy atom. The van der Waals surface area contributed by atoms with E-state index in [0.29, 0.717) is 0 Å². The number of halogens is 1. The molecule has 1 N–H and O–H groups in total. The van der Waals surface area contributed by atoms with Crippen molar-refractivity contribution >= 4 is 15.9 Å². The van der Waals surface area contributed by atoms with E-state index in [9.17, 15) is 0 Å². The van der Waals surface area contributed by atoms with E-state index < -0.39 is 0 Å². The molecule has 0 aliphatic carbocycles. The van der Waals surface area contributed by atoms with E-state index in [1.807, 2.05) is 38.2 Å². The van der Waals surface area contributed by atoms with Gasteiger partial charge in [-0.05, 0) is 54.2 Å². The summed E-state index contributed by atoms with van der Waals surface area (Å²) in [4.78, 5) is 0. The van der Waals surface area contributed by atoms with Gasteiger partial charge in [0.15, 0.2) is 4.67 Å². The van der Waals surface area contributed by atoms with Gasteiger partial charge >= 0.3 is 0 Å². The summed E-state index contributed by atoms with van der Waals surface area (Å²) in [6, 6.07) is 7.65. The third-order valence-corrected chi connectivity index (χ3v) is 2.64. The fourth-order valence-corrected chi connectivity index (χ4v) is 1.84. The van der Waals surface area contributed by atoms with Gasteiger partial charge < -0.3 is 14.2 Å². The monoisotopic (exact) mass is 269 g/mol. The lowest BCUT2D eigenvalue weighted by atomic mass is 10.2. The number of nitrogens with one attached hydrogen (secondary N) is 1. The van der Waals surface area contributed by atoms with Gasteiger partial charge in [0.25, 0.3) is 0 Å². The van der Waals surface area contributed by atoms with Crippen LogP contribution in [0.3, 0.4) is 0 Å². The standard InChI is InChI=1S/C11H12BrNO2/c1-7-3-4-8(14-7)11(13-2)9-5-6-10(12)15-9/h3-6,11,13H,1-2H3. The van der Waals surface area contributed by atoms with Crippen molar-refractivity contribution in [2.24, 2.45) is 0 Å². The van der Waals surface area contributed by atoms with Crippen molar-refractivity contribution in [3.63, 3.8) is 0 Å². The molecule has 2 heterocycles. The molecular weight excluding hydrogens is 258 g/mol. The second-order valence-corrected chi connectivity index (χ2v) is 4.09. The molecule has 15 heavy (non-hydrogen) atoms. The Balaban J connectivity index is 2.32. The minimum absolute atomic E-state index is 0.0370. The van der Waals surface area contributed by atoms with Gasteiger partial charge in [-0.25, -0.2) is 0 Å². The molecule has 0 aliphatic rings. The van der Waals surface area contributed by atoms with Gasteiger partial charge in [0.05, 0.1) is 0 Å². The average molecular weight is 270 g/mol. The molecule has 0 saturated heterocycles. The van der Waals surface area contributed by atoms with Crippen molar-refractivity contribution in [2.75, 3.05) is 7.05 Å². The van der Waals surface area contributed by atoms with Gasteiger partial charge in [-0.2, -0.15) is 0 Å². The van der Waals surface area contributed by atoms with Gasteiger partial charge in [0.1, 0.15) is 23.3 Å². The molecule has 1 atom stereocenters. The van der Waals surface area contributed by atoms with Crippen LogP contribution in [-0.4, -0.2) is 7.05 Å². The van der Waals surface area contributed by atoms with Crippen LogP contribution in [0.1, 0.15) is 23.3 Å². The first-order valence-electron chi connectivity index (χ1n) is 4.69. The van der Waals surface area contributed by atoms with Crippen LogP contribution in [0.5, 0.6) is 0 Å². The Morgan fingerprint density at radius 3 is 2.27 bits per heavy atom. The van der Waals surface area contributed by atoms with Gasteiger partial charge in [0.2, 0.25) is 0 Å². The van der Waals surface area contributed by atoms with E-state index in [4.69, 9.17) is 8.83 Å². The summed E-state index contributed by atoms with van der Waals surface area (Å²) in [7, 11) is 1.87. The van der Waals surface area contributed by atoms with Crippen LogP contribution >= 0.6 is 15.9 Å². The molecule has 0 amide bonds. The first kappa shape index (κ1) is 10.5. The summed E-state index contributed by atoms with van der Waals surface area (Å²) < 4.78 is 11.8. The van der Waals surface area contributed by atoms with Gasteiger partial charge in [-0.15, -0.1) is 0 Å². The highest BCUT2D eigenvalue weighted by atomic mass is 79.9. The lowest BCUT2D eigenvalue weighted by Gasteiger charge is -2.10. The van der Waals surface area contributed by atoms with Gasteiger partial charge in [-0.3, -0.25) is 0 Å². The zero-order chi connectivity index (χ0) is 10.8. The fourth-order valence-electron chi connectivity index (χ4n) is 1.52. The topological polar surface area (TPSA) is 38.3 Å². The van der Waals surface area contributed by atoms with Crippen molar-refractivity contribution in [3.8, 4) is 0 Å². The quantitative estimate of drug-likeness (QED) is 0.930. The second-order valence-electron chi connectivity index (χ2n) is 3.31. The zero-order valence-electron chi connectivity index (χ0n) is 8.58. The fraction of sp³-hybridized carbons (Fsp3) is 0.273. The van der Waals surface area contributed by atoms with Crippen LogP contribution in [0, 0.1) is 6.92 Å². The van der Waals surface area contributed by atoms with Crippen LogP contribution < -0.4 is 5.32 Å². The highest BCUT2D eigenvalue weighted by Crippen LogP contribution is 2.26. The van der Waals surface area contributed by atoms with Crippen molar-refractivity contribution < 1.29 is 8.83 Å². The van der Waals surface area contributed by atoms with Gasteiger partial charge in [-0.1, -0.05) is 0 Å². The molecule has 0 aliphatic heterocycles. The van der Waals surface area contributed by atoms with Gasteiger partial charge in [0, 0.05) is 0 Å². The molecule has 4 heteroatoms. The maximum Gasteiger partial charge on any atom is 0.169 e. The lowest BCUT2D eigenvalue weighted by Crippen LogP contribution is -2.16. The lowest BCUT2D eigenvalue weighted by molar-refractivity contribution is 0.388. The summed E-state index contributed by atoms with van der Waals surface area (Å²) in [6.07, 6.45) is 0. The molecule has 1 unspecified atom stereocenters. The normalized spacial score (nSPS) is 13.0. The maximum absolute atomic E-state index is 5.56. The Labute approximate surface area is 96.6 Å². The Bertz CT molecular complexity index is 407. The molecule has 0 radical (unpaired) electrons. The Kier molecular flexibility index (Phi) is 2.98. The summed E-state index contributed by atoms with van der Waals surface area (Å²) in [5.41, 5.74) is 0. The van der Waals surface area contributed by atoms with Crippen LogP contribution in [-0.2, 0) is 0 Å². The number of hydrogen-bond acceptors (Lipinski definition) is 3. The first-order valence-corrected chi connectivity index (χ1v) is 5.49. The number of rotatable bonds is 3. The minimum atomic E-state index is -0.0370.